The first-order valence-corrected chi connectivity index (χ1v) is 4.91. The van der Waals surface area contributed by atoms with Gasteiger partial charge in [0.15, 0.2) is 0 Å². The minimum atomic E-state index is -0.780. The molecule has 0 spiro atoms. The molecule has 0 saturated carbocycles. The van der Waals surface area contributed by atoms with E-state index in [0.29, 0.717) is 12.6 Å². The SMILES string of the molecule is CC1CCC(O)[C@H]2C(O)[C@@H](O)CN12. The second-order valence-electron chi connectivity index (χ2n) is 4.24. The van der Waals surface area contributed by atoms with Crippen molar-refractivity contribution >= 4 is 0 Å². The van der Waals surface area contributed by atoms with E-state index in [1.807, 2.05) is 4.90 Å². The van der Waals surface area contributed by atoms with Crippen LogP contribution in [0.4, 0.5) is 0 Å². The summed E-state index contributed by atoms with van der Waals surface area (Å²) in [6, 6.07) is 0.110. The van der Waals surface area contributed by atoms with Gasteiger partial charge in [0.25, 0.3) is 0 Å². The fraction of sp³-hybridized carbons (Fsp3) is 1.00. The predicted octanol–water partition coefficient (Wildman–Crippen LogP) is -1.06. The molecule has 2 rings (SSSR count). The number of hydrogen-bond acceptors (Lipinski definition) is 4. The van der Waals surface area contributed by atoms with Gasteiger partial charge in [-0.05, 0) is 19.8 Å². The summed E-state index contributed by atoms with van der Waals surface area (Å²) in [6.07, 6.45) is -0.287. The molecule has 0 aromatic rings. The Balaban J connectivity index is 2.17. The zero-order chi connectivity index (χ0) is 9.59. The van der Waals surface area contributed by atoms with Gasteiger partial charge >= 0.3 is 0 Å². The highest BCUT2D eigenvalue weighted by atomic mass is 16.3. The highest BCUT2D eigenvalue weighted by molar-refractivity contribution is 5.01. The zero-order valence-corrected chi connectivity index (χ0v) is 7.80. The lowest BCUT2D eigenvalue weighted by Crippen LogP contribution is -2.52. The molecule has 4 heteroatoms. The van der Waals surface area contributed by atoms with Crippen LogP contribution in [0.25, 0.3) is 0 Å². The number of fused-ring (bicyclic) bond motifs is 1. The van der Waals surface area contributed by atoms with Crippen LogP contribution in [0.3, 0.4) is 0 Å². The summed E-state index contributed by atoms with van der Waals surface area (Å²) < 4.78 is 0. The van der Waals surface area contributed by atoms with Crippen molar-refractivity contribution in [2.45, 2.75) is 50.2 Å². The van der Waals surface area contributed by atoms with Gasteiger partial charge in [0.2, 0.25) is 0 Å². The molecule has 0 amide bonds. The van der Waals surface area contributed by atoms with E-state index in [2.05, 4.69) is 6.92 Å². The fourth-order valence-electron chi connectivity index (χ4n) is 2.54. The van der Waals surface area contributed by atoms with Crippen LogP contribution in [-0.2, 0) is 0 Å². The number of nitrogens with zero attached hydrogens (tertiary/aromatic N) is 1. The number of piperidine rings is 1. The lowest BCUT2D eigenvalue weighted by Gasteiger charge is -2.39. The van der Waals surface area contributed by atoms with Crippen molar-refractivity contribution in [1.29, 1.82) is 0 Å². The van der Waals surface area contributed by atoms with Crippen LogP contribution in [0.15, 0.2) is 0 Å². The molecule has 2 heterocycles. The summed E-state index contributed by atoms with van der Waals surface area (Å²) in [5.74, 6) is 0. The van der Waals surface area contributed by atoms with E-state index >= 15 is 0 Å². The first kappa shape index (κ1) is 9.40. The van der Waals surface area contributed by atoms with Gasteiger partial charge < -0.3 is 15.3 Å². The molecule has 13 heavy (non-hydrogen) atoms. The van der Waals surface area contributed by atoms with Crippen LogP contribution in [0.1, 0.15) is 19.8 Å². The molecule has 0 radical (unpaired) electrons. The highest BCUT2D eigenvalue weighted by Gasteiger charge is 2.47. The largest absolute Gasteiger partial charge is 0.391 e. The zero-order valence-electron chi connectivity index (χ0n) is 7.80. The molecule has 0 aromatic carbocycles. The molecule has 0 aromatic heterocycles. The predicted molar refractivity (Wildman–Crippen MR) is 47.2 cm³/mol. The monoisotopic (exact) mass is 187 g/mol. The number of aliphatic hydroxyl groups excluding tert-OH is 3. The van der Waals surface area contributed by atoms with Crippen molar-refractivity contribution in [2.24, 2.45) is 0 Å². The number of hydrogen-bond donors (Lipinski definition) is 3. The highest BCUT2D eigenvalue weighted by Crippen LogP contribution is 2.31. The normalized spacial score (nSPS) is 52.2. The average Bonchev–Trinajstić information content (AvgIpc) is 2.38. The standard InChI is InChI=1S/C9H17NO3/c1-5-2-3-6(11)8-9(13)7(12)4-10(5)8/h5-9,11-13H,2-4H2,1H3/t5?,6?,7-,8-,9?/m0/s1. The van der Waals surface area contributed by atoms with Gasteiger partial charge in [0, 0.05) is 12.6 Å². The molecule has 4 nitrogen and oxygen atoms in total. The van der Waals surface area contributed by atoms with E-state index in [4.69, 9.17) is 0 Å². The van der Waals surface area contributed by atoms with Crippen molar-refractivity contribution in [1.82, 2.24) is 4.90 Å². The van der Waals surface area contributed by atoms with E-state index in [1.54, 1.807) is 0 Å². The number of rotatable bonds is 0. The van der Waals surface area contributed by atoms with Gasteiger partial charge in [-0.25, -0.2) is 0 Å². The van der Waals surface area contributed by atoms with Gasteiger partial charge in [0.1, 0.15) is 0 Å². The third-order valence-corrected chi connectivity index (χ3v) is 3.37. The molecule has 2 saturated heterocycles. The Kier molecular flexibility index (Phi) is 2.32. The molecule has 5 atom stereocenters. The van der Waals surface area contributed by atoms with Gasteiger partial charge in [-0.3, -0.25) is 4.90 Å². The summed E-state index contributed by atoms with van der Waals surface area (Å²) in [4.78, 5) is 2.02. The minimum absolute atomic E-state index is 0.251. The topological polar surface area (TPSA) is 63.9 Å². The first-order valence-electron chi connectivity index (χ1n) is 4.91. The Bertz CT molecular complexity index is 199. The molecule has 0 bridgehead atoms. The van der Waals surface area contributed by atoms with Gasteiger partial charge in [0.05, 0.1) is 24.4 Å². The van der Waals surface area contributed by atoms with Gasteiger partial charge in [-0.2, -0.15) is 0 Å². The van der Waals surface area contributed by atoms with Crippen LogP contribution >= 0.6 is 0 Å². The van der Waals surface area contributed by atoms with Crippen molar-refractivity contribution in [2.75, 3.05) is 6.54 Å². The van der Waals surface area contributed by atoms with E-state index in [0.717, 1.165) is 12.8 Å². The summed E-state index contributed by atoms with van der Waals surface area (Å²) in [5, 5.41) is 28.8. The smallest absolute Gasteiger partial charge is 0.0991 e. The number of aliphatic hydroxyl groups is 3. The van der Waals surface area contributed by atoms with Crippen LogP contribution in [0.2, 0.25) is 0 Å². The van der Waals surface area contributed by atoms with E-state index in [1.165, 1.54) is 0 Å². The third-order valence-electron chi connectivity index (χ3n) is 3.37. The van der Waals surface area contributed by atoms with Crippen LogP contribution in [-0.4, -0.2) is 57.2 Å². The van der Waals surface area contributed by atoms with Gasteiger partial charge in [-0.15, -0.1) is 0 Å². The molecule has 0 aliphatic carbocycles. The molecule has 76 valence electrons. The molecular weight excluding hydrogens is 170 g/mol. The summed E-state index contributed by atoms with van der Waals surface area (Å²) in [7, 11) is 0. The average molecular weight is 187 g/mol. The Morgan fingerprint density at radius 2 is 1.77 bits per heavy atom. The van der Waals surface area contributed by atoms with Crippen LogP contribution in [0, 0.1) is 0 Å². The minimum Gasteiger partial charge on any atom is -0.391 e. The maximum absolute atomic E-state index is 9.67. The van der Waals surface area contributed by atoms with Gasteiger partial charge in [-0.1, -0.05) is 0 Å². The lowest BCUT2D eigenvalue weighted by molar-refractivity contribution is -0.0422. The molecule has 2 aliphatic rings. The van der Waals surface area contributed by atoms with Crippen molar-refractivity contribution < 1.29 is 15.3 Å². The Labute approximate surface area is 77.8 Å². The quantitative estimate of drug-likeness (QED) is 0.452. The Morgan fingerprint density at radius 3 is 2.38 bits per heavy atom. The Morgan fingerprint density at radius 1 is 1.08 bits per heavy atom. The molecule has 2 aliphatic heterocycles. The molecule has 3 N–H and O–H groups in total. The molecule has 3 unspecified atom stereocenters. The lowest BCUT2D eigenvalue weighted by atomic mass is 9.93. The second kappa shape index (κ2) is 3.20. The molecule has 2 fully saturated rings. The van der Waals surface area contributed by atoms with E-state index in [-0.39, 0.29) is 6.04 Å². The van der Waals surface area contributed by atoms with Crippen LogP contribution < -0.4 is 0 Å². The third kappa shape index (κ3) is 1.38. The van der Waals surface area contributed by atoms with Crippen molar-refractivity contribution in [3.8, 4) is 0 Å². The maximum Gasteiger partial charge on any atom is 0.0991 e. The second-order valence-corrected chi connectivity index (χ2v) is 4.24. The summed E-state index contributed by atoms with van der Waals surface area (Å²) in [5.41, 5.74) is 0. The van der Waals surface area contributed by atoms with Crippen molar-refractivity contribution in [3.63, 3.8) is 0 Å². The molecular formula is C9H17NO3. The van der Waals surface area contributed by atoms with E-state index < -0.39 is 18.3 Å². The first-order chi connectivity index (χ1) is 6.11. The van der Waals surface area contributed by atoms with Crippen LogP contribution in [0.5, 0.6) is 0 Å². The summed E-state index contributed by atoms with van der Waals surface area (Å²) >= 11 is 0. The maximum atomic E-state index is 9.67. The van der Waals surface area contributed by atoms with Crippen molar-refractivity contribution in [3.05, 3.63) is 0 Å². The summed E-state index contributed by atoms with van der Waals surface area (Å²) in [6.45, 7) is 2.56. The fourth-order valence-corrected chi connectivity index (χ4v) is 2.54. The Hall–Kier alpha value is -0.160. The van der Waals surface area contributed by atoms with E-state index in [9.17, 15) is 15.3 Å².